The topological polar surface area (TPSA) is 21.3 Å². The van der Waals surface area contributed by atoms with Gasteiger partial charge >= 0.3 is 0 Å². The lowest BCUT2D eigenvalue weighted by Crippen LogP contribution is -2.22. The van der Waals surface area contributed by atoms with Crippen LogP contribution in [0.25, 0.3) is 0 Å². The zero-order chi connectivity index (χ0) is 8.81. The van der Waals surface area contributed by atoms with Gasteiger partial charge in [-0.3, -0.25) is 0 Å². The Morgan fingerprint density at radius 1 is 1.42 bits per heavy atom. The van der Waals surface area contributed by atoms with Crippen LogP contribution < -0.4 is 5.23 Å². The van der Waals surface area contributed by atoms with Gasteiger partial charge in [0.05, 0.1) is 6.61 Å². The molecule has 0 saturated heterocycles. The molecular weight excluding hydrogens is 149 g/mol. The SMILES string of the molecule is [B]NC(COC)c1ccccc1. The zero-order valence-electron chi connectivity index (χ0n) is 7.16. The van der Waals surface area contributed by atoms with E-state index >= 15 is 0 Å². The summed E-state index contributed by atoms with van der Waals surface area (Å²) in [4.78, 5) is 0. The Bertz CT molecular complexity index is 215. The van der Waals surface area contributed by atoms with Crippen LogP contribution in [0.1, 0.15) is 11.6 Å². The molecule has 0 aliphatic carbocycles. The molecule has 0 heterocycles. The minimum absolute atomic E-state index is 0.0798. The van der Waals surface area contributed by atoms with E-state index in [2.05, 4.69) is 5.23 Å². The van der Waals surface area contributed by atoms with Crippen LogP contribution in [0.2, 0.25) is 0 Å². The van der Waals surface area contributed by atoms with Crippen LogP contribution in [0.4, 0.5) is 0 Å². The summed E-state index contributed by atoms with van der Waals surface area (Å²) in [6, 6.07) is 10.1. The minimum atomic E-state index is 0.0798. The monoisotopic (exact) mass is 161 g/mol. The average Bonchev–Trinajstić information content (AvgIpc) is 2.15. The molecule has 1 rings (SSSR count). The molecule has 0 bridgehead atoms. The standard InChI is InChI=1S/C9H12BNO/c1-12-7-9(11-10)8-5-3-2-4-6-8/h2-6,9,11H,7H2,1H3. The van der Waals surface area contributed by atoms with Crippen molar-refractivity contribution in [2.24, 2.45) is 0 Å². The molecule has 2 radical (unpaired) electrons. The lowest BCUT2D eigenvalue weighted by molar-refractivity contribution is 0.176. The van der Waals surface area contributed by atoms with Gasteiger partial charge in [0.15, 0.2) is 7.98 Å². The lowest BCUT2D eigenvalue weighted by atomic mass is 10.1. The number of methoxy groups -OCH3 is 1. The summed E-state index contributed by atoms with van der Waals surface area (Å²) in [5.74, 6) is 0. The maximum absolute atomic E-state index is 5.36. The maximum atomic E-state index is 5.36. The van der Waals surface area contributed by atoms with E-state index in [1.54, 1.807) is 7.11 Å². The van der Waals surface area contributed by atoms with E-state index in [-0.39, 0.29) is 6.04 Å². The number of benzene rings is 1. The molecule has 12 heavy (non-hydrogen) atoms. The van der Waals surface area contributed by atoms with E-state index in [4.69, 9.17) is 12.7 Å². The predicted molar refractivity (Wildman–Crippen MR) is 49.9 cm³/mol. The highest BCUT2D eigenvalue weighted by molar-refractivity contribution is 6.04. The Morgan fingerprint density at radius 3 is 2.58 bits per heavy atom. The van der Waals surface area contributed by atoms with E-state index in [9.17, 15) is 0 Å². The van der Waals surface area contributed by atoms with Crippen molar-refractivity contribution in [3.63, 3.8) is 0 Å². The van der Waals surface area contributed by atoms with Gasteiger partial charge in [0.1, 0.15) is 0 Å². The summed E-state index contributed by atoms with van der Waals surface area (Å²) < 4.78 is 5.01. The first-order valence-corrected chi connectivity index (χ1v) is 3.88. The molecule has 3 heteroatoms. The van der Waals surface area contributed by atoms with Gasteiger partial charge in [-0.1, -0.05) is 30.3 Å². The van der Waals surface area contributed by atoms with Crippen molar-refractivity contribution in [1.29, 1.82) is 0 Å². The second-order valence-electron chi connectivity index (χ2n) is 2.59. The highest BCUT2D eigenvalue weighted by Crippen LogP contribution is 2.10. The van der Waals surface area contributed by atoms with Crippen molar-refractivity contribution >= 4 is 7.98 Å². The van der Waals surface area contributed by atoms with Gasteiger partial charge in [-0.25, -0.2) is 0 Å². The van der Waals surface area contributed by atoms with E-state index in [1.165, 1.54) is 0 Å². The molecular formula is C9H12BNO. The predicted octanol–water partition coefficient (Wildman–Crippen LogP) is 1.05. The molecule has 0 spiro atoms. The van der Waals surface area contributed by atoms with Crippen LogP contribution in [0.15, 0.2) is 30.3 Å². The van der Waals surface area contributed by atoms with Crippen molar-refractivity contribution < 1.29 is 4.74 Å². The Labute approximate surface area is 74.4 Å². The maximum Gasteiger partial charge on any atom is 0.178 e. The van der Waals surface area contributed by atoms with Crippen LogP contribution in [0.5, 0.6) is 0 Å². The number of hydrogen-bond donors (Lipinski definition) is 1. The molecule has 1 aromatic rings. The fraction of sp³-hybridized carbons (Fsp3) is 0.333. The van der Waals surface area contributed by atoms with Gasteiger partial charge in [-0.2, -0.15) is 0 Å². The molecule has 1 unspecified atom stereocenters. The van der Waals surface area contributed by atoms with E-state index in [0.717, 1.165) is 5.56 Å². The molecule has 1 N–H and O–H groups in total. The average molecular weight is 161 g/mol. The first kappa shape index (κ1) is 9.29. The molecule has 1 atom stereocenters. The summed E-state index contributed by atoms with van der Waals surface area (Å²) in [6.07, 6.45) is 0. The molecule has 0 aromatic heterocycles. The van der Waals surface area contributed by atoms with E-state index in [1.807, 2.05) is 30.3 Å². The third-order valence-electron chi connectivity index (χ3n) is 1.74. The fourth-order valence-corrected chi connectivity index (χ4v) is 1.09. The van der Waals surface area contributed by atoms with Crippen LogP contribution in [-0.2, 0) is 4.74 Å². The highest BCUT2D eigenvalue weighted by Gasteiger charge is 2.05. The molecule has 62 valence electrons. The lowest BCUT2D eigenvalue weighted by Gasteiger charge is -2.15. The minimum Gasteiger partial charge on any atom is -0.383 e. The highest BCUT2D eigenvalue weighted by atomic mass is 16.5. The van der Waals surface area contributed by atoms with Crippen molar-refractivity contribution in [3.8, 4) is 0 Å². The Morgan fingerprint density at radius 2 is 2.08 bits per heavy atom. The first-order chi connectivity index (χ1) is 5.88. The summed E-state index contributed by atoms with van der Waals surface area (Å²) in [5.41, 5.74) is 1.14. The van der Waals surface area contributed by atoms with Gasteiger partial charge in [0.25, 0.3) is 0 Å². The summed E-state index contributed by atoms with van der Waals surface area (Å²) >= 11 is 0. The number of ether oxygens (including phenoxy) is 1. The normalized spacial score (nSPS) is 12.8. The van der Waals surface area contributed by atoms with Gasteiger partial charge in [0, 0.05) is 13.2 Å². The summed E-state index contributed by atoms with van der Waals surface area (Å²) in [5, 5.41) is 2.69. The Balaban J connectivity index is 2.66. The van der Waals surface area contributed by atoms with Gasteiger partial charge in [-0.15, -0.1) is 0 Å². The van der Waals surface area contributed by atoms with Crippen molar-refractivity contribution in [3.05, 3.63) is 35.9 Å². The summed E-state index contributed by atoms with van der Waals surface area (Å²) in [6.45, 7) is 0.584. The molecule has 1 aromatic carbocycles. The number of nitrogens with one attached hydrogen (secondary N) is 1. The fourth-order valence-electron chi connectivity index (χ4n) is 1.09. The van der Waals surface area contributed by atoms with Gasteiger partial charge in [0.2, 0.25) is 0 Å². The van der Waals surface area contributed by atoms with Gasteiger partial charge in [-0.05, 0) is 5.56 Å². The van der Waals surface area contributed by atoms with Crippen molar-refractivity contribution in [2.45, 2.75) is 6.04 Å². The third kappa shape index (κ3) is 2.36. The molecule has 2 nitrogen and oxygen atoms in total. The van der Waals surface area contributed by atoms with Crippen LogP contribution >= 0.6 is 0 Å². The Kier molecular flexibility index (Phi) is 3.84. The molecule has 0 fully saturated rings. The molecule has 0 aliphatic rings. The molecule has 0 amide bonds. The summed E-state index contributed by atoms with van der Waals surface area (Å²) in [7, 11) is 7.02. The smallest absolute Gasteiger partial charge is 0.178 e. The largest absolute Gasteiger partial charge is 0.383 e. The zero-order valence-corrected chi connectivity index (χ0v) is 7.16. The second kappa shape index (κ2) is 4.96. The number of hydrogen-bond acceptors (Lipinski definition) is 2. The number of rotatable bonds is 4. The van der Waals surface area contributed by atoms with Crippen molar-refractivity contribution in [1.82, 2.24) is 5.23 Å². The van der Waals surface area contributed by atoms with E-state index in [0.29, 0.717) is 6.61 Å². The third-order valence-corrected chi connectivity index (χ3v) is 1.74. The van der Waals surface area contributed by atoms with E-state index < -0.39 is 0 Å². The second-order valence-corrected chi connectivity index (χ2v) is 2.59. The van der Waals surface area contributed by atoms with Gasteiger partial charge < -0.3 is 9.96 Å². The van der Waals surface area contributed by atoms with Crippen LogP contribution in [0, 0.1) is 0 Å². The Hall–Kier alpha value is -0.795. The quantitative estimate of drug-likeness (QED) is 0.666. The molecule has 0 saturated carbocycles. The molecule has 0 aliphatic heterocycles. The van der Waals surface area contributed by atoms with Crippen LogP contribution in [0.3, 0.4) is 0 Å². The van der Waals surface area contributed by atoms with Crippen LogP contribution in [-0.4, -0.2) is 21.7 Å². The first-order valence-electron chi connectivity index (χ1n) is 3.88. The van der Waals surface area contributed by atoms with Crippen molar-refractivity contribution in [2.75, 3.05) is 13.7 Å².